The zero-order chi connectivity index (χ0) is 17.0. The third-order valence-electron chi connectivity index (χ3n) is 3.14. The Hall–Kier alpha value is -2.89. The molecule has 0 saturated heterocycles. The second-order valence-corrected chi connectivity index (χ2v) is 5.40. The highest BCUT2D eigenvalue weighted by Crippen LogP contribution is 2.22. The maximum absolute atomic E-state index is 12.2. The molecule has 1 amide bonds. The minimum atomic E-state index is -0.450. The molecule has 0 saturated carbocycles. The summed E-state index contributed by atoms with van der Waals surface area (Å²) in [5.74, 6) is 0.414. The van der Waals surface area contributed by atoms with Crippen LogP contribution >= 0.6 is 0 Å². The molecule has 1 N–H and O–H groups in total. The van der Waals surface area contributed by atoms with Crippen molar-refractivity contribution in [2.45, 2.75) is 26.9 Å². The van der Waals surface area contributed by atoms with E-state index in [4.69, 9.17) is 4.74 Å². The first kappa shape index (κ1) is 16.5. The van der Waals surface area contributed by atoms with Crippen LogP contribution in [0.1, 0.15) is 29.8 Å². The van der Waals surface area contributed by atoms with Crippen LogP contribution in [0, 0.1) is 17.0 Å². The molecule has 6 heteroatoms. The molecule has 23 heavy (non-hydrogen) atoms. The molecule has 0 unspecified atom stereocenters. The summed E-state index contributed by atoms with van der Waals surface area (Å²) in [5, 5.41) is 13.5. The number of carbonyl (C=O) groups excluding carboxylic acids is 1. The average molecular weight is 314 g/mol. The van der Waals surface area contributed by atoms with E-state index >= 15 is 0 Å². The summed E-state index contributed by atoms with van der Waals surface area (Å²) in [4.78, 5) is 22.5. The van der Waals surface area contributed by atoms with Crippen molar-refractivity contribution in [2.75, 3.05) is 5.32 Å². The first-order valence-corrected chi connectivity index (χ1v) is 7.20. The van der Waals surface area contributed by atoms with E-state index in [9.17, 15) is 14.9 Å². The van der Waals surface area contributed by atoms with Crippen LogP contribution in [0.3, 0.4) is 0 Å². The van der Waals surface area contributed by atoms with Crippen molar-refractivity contribution in [1.29, 1.82) is 0 Å². The van der Waals surface area contributed by atoms with Crippen LogP contribution in [0.25, 0.3) is 0 Å². The number of nitro benzene ring substituents is 1. The summed E-state index contributed by atoms with van der Waals surface area (Å²) in [6.45, 7) is 5.49. The van der Waals surface area contributed by atoms with Gasteiger partial charge in [-0.1, -0.05) is 0 Å². The third kappa shape index (κ3) is 4.29. The molecule has 0 aliphatic rings. The summed E-state index contributed by atoms with van der Waals surface area (Å²) in [6, 6.07) is 11.3. The maximum atomic E-state index is 12.2. The zero-order valence-electron chi connectivity index (χ0n) is 13.2. The van der Waals surface area contributed by atoms with Crippen LogP contribution in [0.4, 0.5) is 11.4 Å². The van der Waals surface area contributed by atoms with Crippen molar-refractivity contribution in [1.82, 2.24) is 0 Å². The molecular formula is C17H18N2O4. The number of benzene rings is 2. The van der Waals surface area contributed by atoms with Crippen LogP contribution in [0.2, 0.25) is 0 Å². The molecule has 2 rings (SSSR count). The lowest BCUT2D eigenvalue weighted by atomic mass is 10.1. The van der Waals surface area contributed by atoms with Gasteiger partial charge in [0.05, 0.1) is 11.0 Å². The van der Waals surface area contributed by atoms with Crippen LogP contribution in [0.15, 0.2) is 42.5 Å². The molecule has 0 heterocycles. The molecule has 0 aliphatic heterocycles. The Bertz CT molecular complexity index is 724. The fraction of sp³-hybridized carbons (Fsp3) is 0.235. The fourth-order valence-corrected chi connectivity index (χ4v) is 2.10. The minimum absolute atomic E-state index is 0.0261. The SMILES string of the molecule is Cc1cc(NC(=O)c2ccc(OC(C)C)cc2)ccc1[N+](=O)[O-]. The number of ether oxygens (including phenoxy) is 1. The molecule has 2 aromatic rings. The monoisotopic (exact) mass is 314 g/mol. The minimum Gasteiger partial charge on any atom is -0.491 e. The van der Waals surface area contributed by atoms with Crippen molar-refractivity contribution >= 4 is 17.3 Å². The molecule has 0 atom stereocenters. The largest absolute Gasteiger partial charge is 0.491 e. The normalized spacial score (nSPS) is 10.4. The fourth-order valence-electron chi connectivity index (χ4n) is 2.10. The van der Waals surface area contributed by atoms with Crippen molar-refractivity contribution in [2.24, 2.45) is 0 Å². The summed E-state index contributed by atoms with van der Waals surface area (Å²) in [6.07, 6.45) is 0.0674. The van der Waals surface area contributed by atoms with E-state index in [1.807, 2.05) is 13.8 Å². The molecule has 0 spiro atoms. The number of rotatable bonds is 5. The molecule has 0 radical (unpaired) electrons. The number of anilines is 1. The van der Waals surface area contributed by atoms with Gasteiger partial charge in [-0.15, -0.1) is 0 Å². The van der Waals surface area contributed by atoms with Gasteiger partial charge in [0, 0.05) is 22.9 Å². The Labute approximate surface area is 134 Å². The summed E-state index contributed by atoms with van der Waals surface area (Å²) in [7, 11) is 0. The first-order valence-electron chi connectivity index (χ1n) is 7.20. The number of nitrogens with zero attached hydrogens (tertiary/aromatic N) is 1. The number of hydrogen-bond donors (Lipinski definition) is 1. The van der Waals surface area contributed by atoms with Gasteiger partial charge in [0.2, 0.25) is 0 Å². The number of hydrogen-bond acceptors (Lipinski definition) is 4. The van der Waals surface area contributed by atoms with Gasteiger partial charge in [0.15, 0.2) is 0 Å². The van der Waals surface area contributed by atoms with Crippen molar-refractivity contribution < 1.29 is 14.5 Å². The molecule has 0 aromatic heterocycles. The number of aryl methyl sites for hydroxylation is 1. The number of nitrogens with one attached hydrogen (secondary N) is 1. The number of amides is 1. The van der Waals surface area contributed by atoms with E-state index in [-0.39, 0.29) is 17.7 Å². The topological polar surface area (TPSA) is 81.5 Å². The maximum Gasteiger partial charge on any atom is 0.272 e. The Morgan fingerprint density at radius 2 is 1.83 bits per heavy atom. The van der Waals surface area contributed by atoms with Crippen molar-refractivity contribution in [3.05, 3.63) is 63.7 Å². The van der Waals surface area contributed by atoms with Crippen molar-refractivity contribution in [3.63, 3.8) is 0 Å². The summed E-state index contributed by atoms with van der Waals surface area (Å²) >= 11 is 0. The number of carbonyl (C=O) groups is 1. The van der Waals surface area contributed by atoms with E-state index in [1.54, 1.807) is 37.3 Å². The predicted octanol–water partition coefficient (Wildman–Crippen LogP) is 3.94. The van der Waals surface area contributed by atoms with Gasteiger partial charge in [0.25, 0.3) is 11.6 Å². The van der Waals surface area contributed by atoms with Gasteiger partial charge in [-0.05, 0) is 57.2 Å². The second-order valence-electron chi connectivity index (χ2n) is 5.40. The molecule has 0 bridgehead atoms. The van der Waals surface area contributed by atoms with Crippen molar-refractivity contribution in [3.8, 4) is 5.75 Å². The second kappa shape index (κ2) is 6.91. The lowest BCUT2D eigenvalue weighted by Gasteiger charge is -2.10. The Morgan fingerprint density at radius 1 is 1.17 bits per heavy atom. The first-order chi connectivity index (χ1) is 10.9. The Kier molecular flexibility index (Phi) is 4.95. The van der Waals surface area contributed by atoms with E-state index in [1.165, 1.54) is 12.1 Å². The van der Waals surface area contributed by atoms with Gasteiger partial charge in [0.1, 0.15) is 5.75 Å². The van der Waals surface area contributed by atoms with E-state index in [0.717, 1.165) is 0 Å². The van der Waals surface area contributed by atoms with Crippen LogP contribution in [0.5, 0.6) is 5.75 Å². The molecule has 0 aliphatic carbocycles. The molecular weight excluding hydrogens is 296 g/mol. The Morgan fingerprint density at radius 3 is 2.35 bits per heavy atom. The predicted molar refractivity (Wildman–Crippen MR) is 88.0 cm³/mol. The van der Waals surface area contributed by atoms with Gasteiger partial charge in [-0.25, -0.2) is 0 Å². The highest BCUT2D eigenvalue weighted by atomic mass is 16.6. The quantitative estimate of drug-likeness (QED) is 0.669. The standard InChI is InChI=1S/C17H18N2O4/c1-11(2)23-15-7-4-13(5-8-15)17(20)18-14-6-9-16(19(21)22)12(3)10-14/h4-11H,1-3H3,(H,18,20). The molecule has 120 valence electrons. The van der Waals surface area contributed by atoms with Gasteiger partial charge in [-0.2, -0.15) is 0 Å². The number of nitro groups is 1. The van der Waals surface area contributed by atoms with Crippen LogP contribution in [-0.4, -0.2) is 16.9 Å². The van der Waals surface area contributed by atoms with Gasteiger partial charge < -0.3 is 10.1 Å². The van der Waals surface area contributed by atoms with Crippen LogP contribution < -0.4 is 10.1 Å². The average Bonchev–Trinajstić information content (AvgIpc) is 2.47. The molecule has 6 nitrogen and oxygen atoms in total. The third-order valence-corrected chi connectivity index (χ3v) is 3.14. The highest BCUT2D eigenvalue weighted by molar-refractivity contribution is 6.04. The van der Waals surface area contributed by atoms with Gasteiger partial charge >= 0.3 is 0 Å². The van der Waals surface area contributed by atoms with Crippen LogP contribution in [-0.2, 0) is 0 Å². The summed E-state index contributed by atoms with van der Waals surface area (Å²) in [5.41, 5.74) is 1.52. The summed E-state index contributed by atoms with van der Waals surface area (Å²) < 4.78 is 5.52. The molecule has 0 fully saturated rings. The van der Waals surface area contributed by atoms with Gasteiger partial charge in [-0.3, -0.25) is 14.9 Å². The van der Waals surface area contributed by atoms with E-state index in [0.29, 0.717) is 22.6 Å². The molecule has 2 aromatic carbocycles. The lowest BCUT2D eigenvalue weighted by Crippen LogP contribution is -2.12. The van der Waals surface area contributed by atoms with E-state index in [2.05, 4.69) is 5.32 Å². The van der Waals surface area contributed by atoms with E-state index < -0.39 is 4.92 Å². The Balaban J connectivity index is 2.09. The smallest absolute Gasteiger partial charge is 0.272 e. The highest BCUT2D eigenvalue weighted by Gasteiger charge is 2.12. The zero-order valence-corrected chi connectivity index (χ0v) is 13.2. The lowest BCUT2D eigenvalue weighted by molar-refractivity contribution is -0.385.